The largest absolute Gasteiger partial charge is 0.501 e. The minimum absolute atomic E-state index is 0.351. The van der Waals surface area contributed by atoms with E-state index in [2.05, 4.69) is 0 Å². The molecule has 0 aliphatic carbocycles. The maximum atomic E-state index is 13.1. The summed E-state index contributed by atoms with van der Waals surface area (Å²) in [5, 5.41) is 0. The highest BCUT2D eigenvalue weighted by molar-refractivity contribution is 6.41. The van der Waals surface area contributed by atoms with Crippen molar-refractivity contribution in [1.82, 2.24) is 0 Å². The average molecular weight is 351 g/mol. The van der Waals surface area contributed by atoms with Gasteiger partial charge in [0.2, 0.25) is 0 Å². The molecule has 0 atom stereocenters. The zero-order chi connectivity index (χ0) is 18.8. The number of aryl methyl sites for hydroxylation is 2. The van der Waals surface area contributed by atoms with Crippen LogP contribution in [0.4, 0.5) is 5.69 Å². The van der Waals surface area contributed by atoms with Gasteiger partial charge < -0.3 is 9.47 Å². The second-order valence-electron chi connectivity index (χ2n) is 6.13. The van der Waals surface area contributed by atoms with E-state index in [0.717, 1.165) is 11.1 Å². The second-order valence-corrected chi connectivity index (χ2v) is 6.13. The van der Waals surface area contributed by atoms with Crippen molar-refractivity contribution >= 4 is 23.1 Å². The number of amides is 2. The average Bonchev–Trinajstić information content (AvgIpc) is 2.63. The summed E-state index contributed by atoms with van der Waals surface area (Å²) in [5.74, 6) is -0.208. The first kappa shape index (κ1) is 17.7. The Labute approximate surface area is 152 Å². The van der Waals surface area contributed by atoms with Gasteiger partial charge in [0.15, 0.2) is 0 Å². The second kappa shape index (κ2) is 7.04. The van der Waals surface area contributed by atoms with Crippen LogP contribution in [0, 0.1) is 13.8 Å². The van der Waals surface area contributed by atoms with Crippen LogP contribution in [-0.4, -0.2) is 25.5 Å². The molecule has 0 radical (unpaired) electrons. The van der Waals surface area contributed by atoms with Gasteiger partial charge in [0.05, 0.1) is 36.8 Å². The van der Waals surface area contributed by atoms with Crippen LogP contribution < -0.4 is 9.64 Å². The molecule has 5 nitrogen and oxygen atoms in total. The molecule has 1 aliphatic rings. The monoisotopic (exact) mass is 351 g/mol. The van der Waals surface area contributed by atoms with E-state index in [-0.39, 0.29) is 5.91 Å². The number of hydrogen-bond acceptors (Lipinski definition) is 4. The lowest BCUT2D eigenvalue weighted by Gasteiger charge is -2.29. The summed E-state index contributed by atoms with van der Waals surface area (Å²) in [5.41, 5.74) is 3.81. The van der Waals surface area contributed by atoms with Crippen molar-refractivity contribution in [3.05, 3.63) is 64.9 Å². The summed E-state index contributed by atoms with van der Waals surface area (Å²) >= 11 is 0. The summed E-state index contributed by atoms with van der Waals surface area (Å²) < 4.78 is 10.6. The summed E-state index contributed by atoms with van der Waals surface area (Å²) in [6, 6.07) is 10.7. The number of fused-ring (bicyclic) bond motifs is 1. The molecule has 0 aromatic heterocycles. The summed E-state index contributed by atoms with van der Waals surface area (Å²) in [6.07, 6.45) is 1.43. The Morgan fingerprint density at radius 1 is 1.00 bits per heavy atom. The van der Waals surface area contributed by atoms with Crippen molar-refractivity contribution in [3.8, 4) is 5.75 Å². The first-order valence-electron chi connectivity index (χ1n) is 8.44. The molecule has 2 aromatic rings. The fourth-order valence-electron chi connectivity index (χ4n) is 3.07. The van der Waals surface area contributed by atoms with E-state index in [1.165, 1.54) is 11.2 Å². The van der Waals surface area contributed by atoms with E-state index in [0.29, 0.717) is 34.7 Å². The Morgan fingerprint density at radius 3 is 2.42 bits per heavy atom. The lowest BCUT2D eigenvalue weighted by atomic mass is 9.93. The molecule has 134 valence electrons. The minimum Gasteiger partial charge on any atom is -0.501 e. The van der Waals surface area contributed by atoms with Gasteiger partial charge in [-0.1, -0.05) is 17.7 Å². The third-order valence-electron chi connectivity index (χ3n) is 4.34. The third kappa shape index (κ3) is 2.96. The molecule has 0 saturated heterocycles. The van der Waals surface area contributed by atoms with Gasteiger partial charge in [0, 0.05) is 5.56 Å². The quantitative estimate of drug-likeness (QED) is 0.477. The van der Waals surface area contributed by atoms with Crippen LogP contribution in [0.15, 0.2) is 42.7 Å². The lowest BCUT2D eigenvalue weighted by molar-refractivity contribution is -0.113. The maximum Gasteiger partial charge on any atom is 0.269 e. The van der Waals surface area contributed by atoms with Gasteiger partial charge in [-0.15, -0.1) is 0 Å². The van der Waals surface area contributed by atoms with Gasteiger partial charge >= 0.3 is 0 Å². The van der Waals surface area contributed by atoms with E-state index in [9.17, 15) is 9.59 Å². The molecule has 1 aliphatic heterocycles. The Hall–Kier alpha value is -3.08. The lowest BCUT2D eigenvalue weighted by Crippen LogP contribution is -2.42. The molecule has 0 bridgehead atoms. The minimum atomic E-state index is -0.395. The molecule has 0 unspecified atom stereocenters. The molecule has 2 amide bonds. The van der Waals surface area contributed by atoms with Crippen molar-refractivity contribution in [2.75, 3.05) is 18.6 Å². The molecule has 0 saturated carbocycles. The SMILES string of the molecule is CCO/C=C1\C(=O)N(c2ccc(C)cc2C)C(=O)c2cc(OC)ccc21. The third-order valence-corrected chi connectivity index (χ3v) is 4.34. The number of imide groups is 1. The summed E-state index contributed by atoms with van der Waals surface area (Å²) in [4.78, 5) is 27.5. The molecular weight excluding hydrogens is 330 g/mol. The zero-order valence-corrected chi connectivity index (χ0v) is 15.3. The number of hydrogen-bond donors (Lipinski definition) is 0. The normalized spacial score (nSPS) is 15.2. The number of carbonyl (C=O) groups is 2. The van der Waals surface area contributed by atoms with Gasteiger partial charge in [-0.3, -0.25) is 9.59 Å². The molecule has 26 heavy (non-hydrogen) atoms. The fraction of sp³-hybridized carbons (Fsp3) is 0.238. The van der Waals surface area contributed by atoms with Crippen molar-refractivity contribution in [1.29, 1.82) is 0 Å². The smallest absolute Gasteiger partial charge is 0.269 e. The number of benzene rings is 2. The van der Waals surface area contributed by atoms with Gasteiger partial charge in [-0.05, 0) is 50.6 Å². The van der Waals surface area contributed by atoms with Crippen LogP contribution in [0.1, 0.15) is 34.0 Å². The summed E-state index contributed by atoms with van der Waals surface area (Å²) in [6.45, 7) is 6.12. The number of carbonyl (C=O) groups excluding carboxylic acids is 2. The Kier molecular flexibility index (Phi) is 4.80. The highest BCUT2D eigenvalue weighted by atomic mass is 16.5. The van der Waals surface area contributed by atoms with Gasteiger partial charge in [0.1, 0.15) is 5.75 Å². The number of ether oxygens (including phenoxy) is 2. The molecule has 5 heteroatoms. The molecule has 0 N–H and O–H groups in total. The summed E-state index contributed by atoms with van der Waals surface area (Å²) in [7, 11) is 1.54. The maximum absolute atomic E-state index is 13.1. The Morgan fingerprint density at radius 2 is 1.77 bits per heavy atom. The van der Waals surface area contributed by atoms with Crippen LogP contribution >= 0.6 is 0 Å². The van der Waals surface area contributed by atoms with Crippen LogP contribution in [0.5, 0.6) is 5.75 Å². The van der Waals surface area contributed by atoms with E-state index in [1.807, 2.05) is 32.9 Å². The first-order chi connectivity index (χ1) is 12.5. The molecular formula is C21H21NO4. The fourth-order valence-corrected chi connectivity index (χ4v) is 3.07. The van der Waals surface area contributed by atoms with E-state index in [4.69, 9.17) is 9.47 Å². The molecule has 3 rings (SSSR count). The predicted octanol–water partition coefficient (Wildman–Crippen LogP) is 3.88. The van der Waals surface area contributed by atoms with E-state index in [1.54, 1.807) is 31.4 Å². The number of anilines is 1. The van der Waals surface area contributed by atoms with Crippen LogP contribution in [0.25, 0.3) is 5.57 Å². The van der Waals surface area contributed by atoms with Gasteiger partial charge in [0.25, 0.3) is 11.8 Å². The van der Waals surface area contributed by atoms with E-state index < -0.39 is 5.91 Å². The van der Waals surface area contributed by atoms with Crippen molar-refractivity contribution in [2.24, 2.45) is 0 Å². The van der Waals surface area contributed by atoms with Crippen molar-refractivity contribution in [2.45, 2.75) is 20.8 Å². The van der Waals surface area contributed by atoms with Crippen molar-refractivity contribution < 1.29 is 19.1 Å². The van der Waals surface area contributed by atoms with Crippen LogP contribution in [-0.2, 0) is 9.53 Å². The Balaban J connectivity index is 2.21. The van der Waals surface area contributed by atoms with Crippen molar-refractivity contribution in [3.63, 3.8) is 0 Å². The Bertz CT molecular complexity index is 914. The molecule has 0 spiro atoms. The standard InChI is InChI=1S/C21H21NO4/c1-5-26-12-18-16-8-7-15(25-4)11-17(16)20(23)22(21(18)24)19-9-6-13(2)10-14(19)3/h6-12H,5H2,1-4H3/b18-12-. The molecule has 2 aromatic carbocycles. The molecule has 0 fully saturated rings. The van der Waals surface area contributed by atoms with Gasteiger partial charge in [-0.25, -0.2) is 4.90 Å². The topological polar surface area (TPSA) is 55.8 Å². The number of nitrogens with zero attached hydrogens (tertiary/aromatic N) is 1. The molecule has 1 heterocycles. The van der Waals surface area contributed by atoms with Crippen LogP contribution in [0.3, 0.4) is 0 Å². The first-order valence-corrected chi connectivity index (χ1v) is 8.44. The number of methoxy groups -OCH3 is 1. The van der Waals surface area contributed by atoms with E-state index >= 15 is 0 Å². The highest BCUT2D eigenvalue weighted by Crippen LogP contribution is 2.35. The van der Waals surface area contributed by atoms with Gasteiger partial charge in [-0.2, -0.15) is 0 Å². The zero-order valence-electron chi connectivity index (χ0n) is 15.3. The van der Waals surface area contributed by atoms with Crippen LogP contribution in [0.2, 0.25) is 0 Å². The number of rotatable bonds is 4. The predicted molar refractivity (Wildman–Crippen MR) is 100 cm³/mol. The highest BCUT2D eigenvalue weighted by Gasteiger charge is 2.37.